The minimum Gasteiger partial charge on any atom is -0.478 e. The van der Waals surface area contributed by atoms with Crippen molar-refractivity contribution >= 4 is 17.7 Å². The second-order valence-corrected chi connectivity index (χ2v) is 4.27. The van der Waals surface area contributed by atoms with Crippen molar-refractivity contribution in [2.45, 2.75) is 18.9 Å². The molecular formula is C12H13FN2O3. The fourth-order valence-electron chi connectivity index (χ4n) is 1.58. The lowest BCUT2D eigenvalue weighted by Gasteiger charge is -2.17. The van der Waals surface area contributed by atoms with E-state index < -0.39 is 11.8 Å². The molecule has 0 aliphatic heterocycles. The molecule has 0 atom stereocenters. The summed E-state index contributed by atoms with van der Waals surface area (Å²) in [5.74, 6) is -1.96. The molecule has 0 saturated heterocycles. The maximum Gasteiger partial charge on any atom is 0.335 e. The molecule has 18 heavy (non-hydrogen) atoms. The molecule has 1 aliphatic carbocycles. The van der Waals surface area contributed by atoms with Gasteiger partial charge in [-0.2, -0.15) is 0 Å². The van der Waals surface area contributed by atoms with E-state index in [4.69, 9.17) is 5.11 Å². The minimum absolute atomic E-state index is 0.0162. The second-order valence-electron chi connectivity index (χ2n) is 4.27. The fraction of sp³-hybridized carbons (Fsp3) is 0.333. The normalized spacial score (nSPS) is 14.1. The van der Waals surface area contributed by atoms with Crippen LogP contribution < -0.4 is 5.32 Å². The number of nitrogens with zero attached hydrogens (tertiary/aromatic N) is 1. The van der Waals surface area contributed by atoms with Gasteiger partial charge in [0.15, 0.2) is 0 Å². The molecule has 1 aromatic rings. The second kappa shape index (κ2) is 4.64. The number of carbonyl (C=O) groups excluding carboxylic acids is 1. The maximum atomic E-state index is 13.6. The molecule has 0 spiro atoms. The van der Waals surface area contributed by atoms with E-state index in [0.29, 0.717) is 0 Å². The predicted molar refractivity (Wildman–Crippen MR) is 63.2 cm³/mol. The van der Waals surface area contributed by atoms with E-state index in [9.17, 15) is 14.0 Å². The van der Waals surface area contributed by atoms with Gasteiger partial charge in [0.1, 0.15) is 5.82 Å². The summed E-state index contributed by atoms with van der Waals surface area (Å²) in [6.07, 6.45) is 1.93. The van der Waals surface area contributed by atoms with Crippen molar-refractivity contribution in [2.75, 3.05) is 12.4 Å². The third kappa shape index (κ3) is 2.58. The van der Waals surface area contributed by atoms with Gasteiger partial charge < -0.3 is 15.3 Å². The van der Waals surface area contributed by atoms with E-state index in [0.717, 1.165) is 18.9 Å². The maximum absolute atomic E-state index is 13.6. The van der Waals surface area contributed by atoms with E-state index in [1.54, 1.807) is 7.05 Å². The molecule has 2 amide bonds. The highest BCUT2D eigenvalue weighted by molar-refractivity contribution is 5.92. The smallest absolute Gasteiger partial charge is 0.335 e. The summed E-state index contributed by atoms with van der Waals surface area (Å²) in [7, 11) is 1.65. The molecule has 0 bridgehead atoms. The monoisotopic (exact) mass is 252 g/mol. The van der Waals surface area contributed by atoms with Crippen LogP contribution in [0.4, 0.5) is 14.9 Å². The number of anilines is 1. The van der Waals surface area contributed by atoms with Crippen molar-refractivity contribution in [2.24, 2.45) is 0 Å². The number of carboxylic acids is 1. The molecule has 1 aliphatic rings. The summed E-state index contributed by atoms with van der Waals surface area (Å²) in [5.41, 5.74) is -0.168. The molecule has 1 aromatic carbocycles. The Morgan fingerprint density at radius 3 is 2.61 bits per heavy atom. The number of nitrogens with one attached hydrogen (secondary N) is 1. The van der Waals surface area contributed by atoms with E-state index in [1.807, 2.05) is 0 Å². The van der Waals surface area contributed by atoms with E-state index in [2.05, 4.69) is 5.32 Å². The lowest BCUT2D eigenvalue weighted by atomic mass is 10.2. The lowest BCUT2D eigenvalue weighted by Crippen LogP contribution is -2.33. The zero-order valence-corrected chi connectivity index (χ0v) is 9.81. The molecule has 2 rings (SSSR count). The zero-order chi connectivity index (χ0) is 13.3. The Kier molecular flexibility index (Phi) is 3.18. The van der Waals surface area contributed by atoms with Gasteiger partial charge in [-0.05, 0) is 31.0 Å². The standard InChI is InChI=1S/C12H13FN2O3/c1-15(8-3-4-8)12(18)14-10-5-2-7(11(16)17)6-9(10)13/h2,5-6,8H,3-4H2,1H3,(H,14,18)(H,16,17). The molecule has 0 unspecified atom stereocenters. The van der Waals surface area contributed by atoms with Crippen LogP contribution in [0.1, 0.15) is 23.2 Å². The number of aromatic carboxylic acids is 1. The largest absolute Gasteiger partial charge is 0.478 e. The van der Waals surface area contributed by atoms with E-state index in [-0.39, 0.29) is 23.3 Å². The van der Waals surface area contributed by atoms with Crippen LogP contribution in [0.3, 0.4) is 0 Å². The summed E-state index contributed by atoms with van der Waals surface area (Å²) < 4.78 is 13.6. The number of urea groups is 1. The van der Waals surface area contributed by atoms with E-state index in [1.165, 1.54) is 17.0 Å². The molecule has 1 saturated carbocycles. The first-order chi connectivity index (χ1) is 8.49. The van der Waals surface area contributed by atoms with Gasteiger partial charge in [0.05, 0.1) is 11.3 Å². The summed E-state index contributed by atoms with van der Waals surface area (Å²) in [6, 6.07) is 3.22. The van der Waals surface area contributed by atoms with Crippen LogP contribution in [0.25, 0.3) is 0 Å². The highest BCUT2D eigenvalue weighted by Crippen LogP contribution is 2.26. The van der Waals surface area contributed by atoms with Crippen LogP contribution >= 0.6 is 0 Å². The van der Waals surface area contributed by atoms with Gasteiger partial charge in [-0.25, -0.2) is 14.0 Å². The quantitative estimate of drug-likeness (QED) is 0.866. The molecular weight excluding hydrogens is 239 g/mol. The van der Waals surface area contributed by atoms with Crippen molar-refractivity contribution in [3.05, 3.63) is 29.6 Å². The van der Waals surface area contributed by atoms with Gasteiger partial charge in [-0.3, -0.25) is 0 Å². The number of rotatable bonds is 3. The van der Waals surface area contributed by atoms with Crippen molar-refractivity contribution < 1.29 is 19.1 Å². The average Bonchev–Trinajstić information content (AvgIpc) is 3.14. The average molecular weight is 252 g/mol. The summed E-state index contributed by atoms with van der Waals surface area (Å²) >= 11 is 0. The number of benzene rings is 1. The summed E-state index contributed by atoms with van der Waals surface area (Å²) in [6.45, 7) is 0. The lowest BCUT2D eigenvalue weighted by molar-refractivity contribution is 0.0696. The van der Waals surface area contributed by atoms with Gasteiger partial charge >= 0.3 is 12.0 Å². The molecule has 6 heteroatoms. The summed E-state index contributed by atoms with van der Waals surface area (Å²) in [5, 5.41) is 11.1. The van der Waals surface area contributed by atoms with Gasteiger partial charge in [-0.1, -0.05) is 0 Å². The zero-order valence-electron chi connectivity index (χ0n) is 9.81. The van der Waals surface area contributed by atoms with Crippen molar-refractivity contribution in [3.8, 4) is 0 Å². The van der Waals surface area contributed by atoms with Crippen molar-refractivity contribution in [3.63, 3.8) is 0 Å². The molecule has 1 fully saturated rings. The Hall–Kier alpha value is -2.11. The van der Waals surface area contributed by atoms with Crippen LogP contribution in [0.2, 0.25) is 0 Å². The third-order valence-electron chi connectivity index (χ3n) is 2.87. The van der Waals surface area contributed by atoms with Gasteiger partial charge in [0.2, 0.25) is 0 Å². The van der Waals surface area contributed by atoms with Gasteiger partial charge in [-0.15, -0.1) is 0 Å². The predicted octanol–water partition coefficient (Wildman–Crippen LogP) is 2.15. The fourth-order valence-corrected chi connectivity index (χ4v) is 1.58. The number of carboxylic acid groups (broad SMARTS) is 1. The Balaban J connectivity index is 2.09. The van der Waals surface area contributed by atoms with Crippen LogP contribution in [-0.4, -0.2) is 35.1 Å². The number of carbonyl (C=O) groups is 2. The van der Waals surface area contributed by atoms with Crippen molar-refractivity contribution in [1.29, 1.82) is 0 Å². The van der Waals surface area contributed by atoms with Gasteiger partial charge in [0, 0.05) is 13.1 Å². The topological polar surface area (TPSA) is 69.6 Å². The highest BCUT2D eigenvalue weighted by Gasteiger charge is 2.29. The van der Waals surface area contributed by atoms with E-state index >= 15 is 0 Å². The minimum atomic E-state index is -1.21. The highest BCUT2D eigenvalue weighted by atomic mass is 19.1. The Morgan fingerprint density at radius 1 is 1.44 bits per heavy atom. The Morgan fingerprint density at radius 2 is 2.11 bits per heavy atom. The number of hydrogen-bond donors (Lipinski definition) is 2. The Bertz CT molecular complexity index is 500. The number of halogens is 1. The van der Waals surface area contributed by atoms with Crippen molar-refractivity contribution in [1.82, 2.24) is 4.90 Å². The molecule has 0 heterocycles. The van der Waals surface area contributed by atoms with Crippen LogP contribution in [-0.2, 0) is 0 Å². The molecule has 0 radical (unpaired) electrons. The van der Waals surface area contributed by atoms with Crippen LogP contribution in [0, 0.1) is 5.82 Å². The Labute approximate surface area is 103 Å². The molecule has 2 N–H and O–H groups in total. The summed E-state index contributed by atoms with van der Waals surface area (Å²) in [4.78, 5) is 23.8. The molecule has 96 valence electrons. The molecule has 0 aromatic heterocycles. The van der Waals surface area contributed by atoms with Crippen LogP contribution in [0.5, 0.6) is 0 Å². The molecule has 5 nitrogen and oxygen atoms in total. The first-order valence-corrected chi connectivity index (χ1v) is 5.55. The van der Waals surface area contributed by atoms with Crippen LogP contribution in [0.15, 0.2) is 18.2 Å². The van der Waals surface area contributed by atoms with Gasteiger partial charge in [0.25, 0.3) is 0 Å². The number of hydrogen-bond acceptors (Lipinski definition) is 2. The SMILES string of the molecule is CN(C(=O)Nc1ccc(C(=O)O)cc1F)C1CC1. The first kappa shape index (κ1) is 12.3. The third-order valence-corrected chi connectivity index (χ3v) is 2.87. The number of amides is 2. The first-order valence-electron chi connectivity index (χ1n) is 5.55.